The van der Waals surface area contributed by atoms with Gasteiger partial charge in [-0.25, -0.2) is 19.2 Å². The van der Waals surface area contributed by atoms with Crippen LogP contribution in [-0.4, -0.2) is 51.7 Å². The van der Waals surface area contributed by atoms with Gasteiger partial charge in [-0.15, -0.1) is 0 Å². The monoisotopic (exact) mass is 473 g/mol. The Bertz CT molecular complexity index is 1020. The summed E-state index contributed by atoms with van der Waals surface area (Å²) in [6.07, 6.45) is 5.41. The highest BCUT2D eigenvalue weighted by molar-refractivity contribution is 5.70. The lowest BCUT2D eigenvalue weighted by atomic mass is 9.87. The summed E-state index contributed by atoms with van der Waals surface area (Å²) in [5.74, 6) is -0.784. The predicted molar refractivity (Wildman–Crippen MR) is 124 cm³/mol. The average molecular weight is 474 g/mol. The Hall–Kier alpha value is -3.23. The van der Waals surface area contributed by atoms with Crippen molar-refractivity contribution >= 4 is 12.1 Å². The van der Waals surface area contributed by atoms with Gasteiger partial charge < -0.3 is 19.5 Å². The molecule has 3 rings (SSSR count). The zero-order valence-corrected chi connectivity index (χ0v) is 19.9. The van der Waals surface area contributed by atoms with Crippen molar-refractivity contribution in [2.75, 3.05) is 13.6 Å². The smallest absolute Gasteiger partial charge is 0.409 e. The van der Waals surface area contributed by atoms with Gasteiger partial charge in [0.1, 0.15) is 12.4 Å². The second-order valence-corrected chi connectivity index (χ2v) is 8.72. The van der Waals surface area contributed by atoms with Crippen molar-refractivity contribution in [1.82, 2.24) is 14.9 Å². The summed E-state index contributed by atoms with van der Waals surface area (Å²) < 4.78 is 25.4. The van der Waals surface area contributed by atoms with Crippen molar-refractivity contribution in [2.24, 2.45) is 5.92 Å². The molecule has 0 aliphatic heterocycles. The number of amides is 1. The molecule has 1 heterocycles. The van der Waals surface area contributed by atoms with E-state index in [4.69, 9.17) is 9.47 Å². The van der Waals surface area contributed by atoms with Gasteiger partial charge in [0, 0.05) is 24.7 Å². The number of carbonyl (C=O) groups excluding carboxylic acids is 1. The van der Waals surface area contributed by atoms with E-state index >= 15 is 0 Å². The number of aliphatic carboxylic acids is 1. The number of carboxylic acid groups (broad SMARTS) is 1. The van der Waals surface area contributed by atoms with E-state index in [2.05, 4.69) is 9.97 Å². The van der Waals surface area contributed by atoms with E-state index in [1.54, 1.807) is 26.2 Å². The molecule has 0 spiro atoms. The molecular formula is C25H32FN3O5. The normalized spacial score (nSPS) is 17.8. The second-order valence-electron chi connectivity index (χ2n) is 8.72. The van der Waals surface area contributed by atoms with Gasteiger partial charge in [-0.2, -0.15) is 0 Å². The molecule has 1 amide bonds. The van der Waals surface area contributed by atoms with Crippen molar-refractivity contribution in [3.05, 3.63) is 41.5 Å². The van der Waals surface area contributed by atoms with Crippen LogP contribution >= 0.6 is 0 Å². The Labute approximate surface area is 199 Å². The molecule has 1 aliphatic carbocycles. The zero-order valence-electron chi connectivity index (χ0n) is 19.9. The fourth-order valence-corrected chi connectivity index (χ4v) is 3.99. The van der Waals surface area contributed by atoms with Gasteiger partial charge >= 0.3 is 12.1 Å². The molecule has 0 unspecified atom stereocenters. The van der Waals surface area contributed by atoms with Crippen LogP contribution in [0.5, 0.6) is 5.75 Å². The van der Waals surface area contributed by atoms with E-state index in [0.29, 0.717) is 47.8 Å². The van der Waals surface area contributed by atoms with Gasteiger partial charge in [0.15, 0.2) is 11.6 Å². The van der Waals surface area contributed by atoms with Crippen LogP contribution in [0.3, 0.4) is 0 Å². The van der Waals surface area contributed by atoms with E-state index in [-0.39, 0.29) is 12.7 Å². The minimum atomic E-state index is -0.794. The third-order valence-electron chi connectivity index (χ3n) is 6.02. The molecule has 1 fully saturated rings. The Morgan fingerprint density at radius 2 is 2.09 bits per heavy atom. The molecule has 9 heteroatoms. The van der Waals surface area contributed by atoms with Crippen LogP contribution in [0.4, 0.5) is 9.18 Å². The summed E-state index contributed by atoms with van der Waals surface area (Å²) in [5, 5.41) is 9.29. The van der Waals surface area contributed by atoms with Crippen LogP contribution in [0.15, 0.2) is 24.4 Å². The molecule has 0 bridgehead atoms. The Balaban J connectivity index is 1.72. The van der Waals surface area contributed by atoms with E-state index in [9.17, 15) is 19.1 Å². The summed E-state index contributed by atoms with van der Waals surface area (Å²) in [7, 11) is 1.67. The third kappa shape index (κ3) is 6.65. The summed E-state index contributed by atoms with van der Waals surface area (Å²) >= 11 is 0. The van der Waals surface area contributed by atoms with E-state index < -0.39 is 23.8 Å². The van der Waals surface area contributed by atoms with Crippen LogP contribution in [0.25, 0.3) is 11.4 Å². The lowest BCUT2D eigenvalue weighted by Crippen LogP contribution is -2.29. The molecule has 1 aromatic heterocycles. The second kappa shape index (κ2) is 11.8. The van der Waals surface area contributed by atoms with Gasteiger partial charge in [-0.05, 0) is 57.2 Å². The molecule has 0 saturated heterocycles. The van der Waals surface area contributed by atoms with Crippen LogP contribution < -0.4 is 4.74 Å². The number of hydrogen-bond acceptors (Lipinski definition) is 6. The molecule has 2 atom stereocenters. The molecule has 184 valence electrons. The number of halogens is 1. The molecule has 34 heavy (non-hydrogen) atoms. The highest BCUT2D eigenvalue weighted by atomic mass is 19.1. The summed E-state index contributed by atoms with van der Waals surface area (Å²) in [4.78, 5) is 34.0. The maximum absolute atomic E-state index is 14.0. The van der Waals surface area contributed by atoms with Gasteiger partial charge in [-0.1, -0.05) is 13.3 Å². The highest BCUT2D eigenvalue weighted by Gasteiger charge is 2.28. The maximum atomic E-state index is 14.0. The lowest BCUT2D eigenvalue weighted by Gasteiger charge is -2.27. The lowest BCUT2D eigenvalue weighted by molar-refractivity contribution is -0.143. The number of hydrogen-bond donors (Lipinski definition) is 1. The number of carboxylic acids is 1. The Morgan fingerprint density at radius 1 is 1.29 bits per heavy atom. The number of nitrogens with zero attached hydrogens (tertiary/aromatic N) is 3. The van der Waals surface area contributed by atoms with Gasteiger partial charge in [0.2, 0.25) is 0 Å². The maximum Gasteiger partial charge on any atom is 0.409 e. The standard InChI is InChI=1S/C25H32FN3O5/c1-4-5-11-29(3)25(32)33-15-18-12-19(26)9-10-21(18)23-27-14-22(16(2)28-23)34-20-8-6-7-17(13-20)24(30)31/h9-10,12,14,17,20H,4-8,11,13,15H2,1-3H3,(H,30,31)/t17-,20-/m0/s1. The van der Waals surface area contributed by atoms with Gasteiger partial charge in [0.25, 0.3) is 0 Å². The molecule has 0 radical (unpaired) electrons. The number of unbranched alkanes of at least 4 members (excludes halogenated alkanes) is 1. The molecule has 2 aromatic rings. The quantitative estimate of drug-likeness (QED) is 0.548. The van der Waals surface area contributed by atoms with Crippen LogP contribution in [0.1, 0.15) is 56.7 Å². The van der Waals surface area contributed by atoms with E-state index in [1.807, 2.05) is 6.92 Å². The first kappa shape index (κ1) is 25.4. The van der Waals surface area contributed by atoms with Gasteiger partial charge in [-0.3, -0.25) is 4.79 Å². The summed E-state index contributed by atoms with van der Waals surface area (Å²) in [6.45, 7) is 4.30. The van der Waals surface area contributed by atoms with Crippen LogP contribution in [-0.2, 0) is 16.1 Å². The number of aryl methyl sites for hydroxylation is 1. The first-order chi connectivity index (χ1) is 16.3. The van der Waals surface area contributed by atoms with Crippen molar-refractivity contribution in [3.63, 3.8) is 0 Å². The molecule has 1 saturated carbocycles. The topological polar surface area (TPSA) is 102 Å². The molecule has 1 N–H and O–H groups in total. The van der Waals surface area contributed by atoms with E-state index in [0.717, 1.165) is 25.7 Å². The van der Waals surface area contributed by atoms with Crippen molar-refractivity contribution < 1.29 is 28.6 Å². The number of aromatic nitrogens is 2. The molecular weight excluding hydrogens is 441 g/mol. The predicted octanol–water partition coefficient (Wildman–Crippen LogP) is 4.98. The fourth-order valence-electron chi connectivity index (χ4n) is 3.99. The first-order valence-electron chi connectivity index (χ1n) is 11.7. The van der Waals surface area contributed by atoms with Crippen molar-refractivity contribution in [2.45, 2.75) is 65.1 Å². The third-order valence-corrected chi connectivity index (χ3v) is 6.02. The average Bonchev–Trinajstić information content (AvgIpc) is 2.82. The van der Waals surface area contributed by atoms with Crippen LogP contribution in [0.2, 0.25) is 0 Å². The van der Waals surface area contributed by atoms with Crippen molar-refractivity contribution in [3.8, 4) is 17.1 Å². The van der Waals surface area contributed by atoms with Gasteiger partial charge in [0.05, 0.1) is 23.9 Å². The number of rotatable bonds is 9. The number of benzene rings is 1. The Morgan fingerprint density at radius 3 is 2.79 bits per heavy atom. The number of carbonyl (C=O) groups is 2. The highest BCUT2D eigenvalue weighted by Crippen LogP contribution is 2.30. The molecule has 1 aliphatic rings. The summed E-state index contributed by atoms with van der Waals surface area (Å²) in [6, 6.07) is 4.18. The largest absolute Gasteiger partial charge is 0.487 e. The molecule has 1 aromatic carbocycles. The molecule has 8 nitrogen and oxygen atoms in total. The first-order valence-corrected chi connectivity index (χ1v) is 11.7. The van der Waals surface area contributed by atoms with Crippen LogP contribution in [0, 0.1) is 18.7 Å². The minimum absolute atomic E-state index is 0.109. The van der Waals surface area contributed by atoms with E-state index in [1.165, 1.54) is 17.0 Å². The minimum Gasteiger partial charge on any atom is -0.487 e. The Kier molecular flexibility index (Phi) is 8.79. The SMILES string of the molecule is CCCCN(C)C(=O)OCc1cc(F)ccc1-c1ncc(O[C@H]2CCC[C@H](C(=O)O)C2)c(C)n1. The summed E-state index contributed by atoms with van der Waals surface area (Å²) in [5.41, 5.74) is 1.61. The fraction of sp³-hybridized carbons (Fsp3) is 0.520. The van der Waals surface area contributed by atoms with Crippen molar-refractivity contribution in [1.29, 1.82) is 0 Å². The number of ether oxygens (including phenoxy) is 2. The zero-order chi connectivity index (χ0) is 24.7.